The normalized spacial score (nSPS) is 9.23. The second-order valence-corrected chi connectivity index (χ2v) is 2.45. The second-order valence-electron chi connectivity index (χ2n) is 2.45. The van der Waals surface area contributed by atoms with E-state index in [1.165, 1.54) is 0 Å². The molecule has 0 saturated heterocycles. The molecule has 3 heteroatoms. The van der Waals surface area contributed by atoms with Crippen LogP contribution in [0.1, 0.15) is 5.56 Å². The van der Waals surface area contributed by atoms with Crippen molar-refractivity contribution >= 4 is 0 Å². The first-order chi connectivity index (χ1) is 6.36. The molecule has 1 aromatic rings. The Morgan fingerprint density at radius 2 is 2.00 bits per heavy atom. The monoisotopic (exact) mass is 177 g/mol. The number of terminal acetylenes is 1. The SMILES string of the molecule is C#CCOc1ccc(CON)cc1. The predicted octanol–water partition coefficient (Wildman–Crippen LogP) is 1.09. The van der Waals surface area contributed by atoms with Crippen molar-refractivity contribution in [3.63, 3.8) is 0 Å². The fraction of sp³-hybridized carbons (Fsp3) is 0.200. The Kier molecular flexibility index (Phi) is 3.83. The minimum absolute atomic E-state index is 0.284. The van der Waals surface area contributed by atoms with Crippen LogP contribution in [-0.2, 0) is 11.4 Å². The third-order valence-electron chi connectivity index (χ3n) is 1.50. The highest BCUT2D eigenvalue weighted by Gasteiger charge is 1.93. The number of nitrogens with two attached hydrogens (primary N) is 1. The molecule has 13 heavy (non-hydrogen) atoms. The largest absolute Gasteiger partial charge is 0.481 e. The molecule has 1 aromatic carbocycles. The van der Waals surface area contributed by atoms with E-state index in [9.17, 15) is 0 Å². The molecule has 0 fully saturated rings. The molecule has 0 aliphatic heterocycles. The Balaban J connectivity index is 2.54. The van der Waals surface area contributed by atoms with Crippen molar-refractivity contribution in [2.24, 2.45) is 5.90 Å². The van der Waals surface area contributed by atoms with Crippen LogP contribution in [0.3, 0.4) is 0 Å². The van der Waals surface area contributed by atoms with Crippen molar-refractivity contribution in [2.75, 3.05) is 6.61 Å². The zero-order chi connectivity index (χ0) is 9.52. The zero-order valence-electron chi connectivity index (χ0n) is 7.19. The van der Waals surface area contributed by atoms with E-state index in [0.717, 1.165) is 11.3 Å². The van der Waals surface area contributed by atoms with Gasteiger partial charge in [-0.05, 0) is 17.7 Å². The van der Waals surface area contributed by atoms with Gasteiger partial charge in [0.05, 0.1) is 6.61 Å². The standard InChI is InChI=1S/C10H11NO2/c1-2-7-12-10-5-3-9(4-6-10)8-13-11/h1,3-6H,7-8,11H2. The van der Waals surface area contributed by atoms with Gasteiger partial charge in [-0.1, -0.05) is 18.1 Å². The van der Waals surface area contributed by atoms with Crippen LogP contribution in [0.4, 0.5) is 0 Å². The summed E-state index contributed by atoms with van der Waals surface area (Å²) < 4.78 is 5.18. The van der Waals surface area contributed by atoms with E-state index in [4.69, 9.17) is 17.1 Å². The lowest BCUT2D eigenvalue weighted by Gasteiger charge is -2.03. The average molecular weight is 177 g/mol. The molecule has 0 atom stereocenters. The highest BCUT2D eigenvalue weighted by atomic mass is 16.6. The zero-order valence-corrected chi connectivity index (χ0v) is 7.19. The summed E-state index contributed by atoms with van der Waals surface area (Å²) in [7, 11) is 0. The molecule has 1 rings (SSSR count). The number of hydrogen-bond acceptors (Lipinski definition) is 3. The van der Waals surface area contributed by atoms with Crippen molar-refractivity contribution in [1.29, 1.82) is 0 Å². The second kappa shape index (κ2) is 5.20. The Morgan fingerprint density at radius 1 is 1.31 bits per heavy atom. The molecule has 0 heterocycles. The predicted molar refractivity (Wildman–Crippen MR) is 49.7 cm³/mol. The van der Waals surface area contributed by atoms with Crippen molar-refractivity contribution in [3.05, 3.63) is 29.8 Å². The topological polar surface area (TPSA) is 44.5 Å². The molecule has 0 aliphatic carbocycles. The van der Waals surface area contributed by atoms with Crippen molar-refractivity contribution in [2.45, 2.75) is 6.61 Å². The molecular formula is C10H11NO2. The lowest BCUT2D eigenvalue weighted by atomic mass is 10.2. The smallest absolute Gasteiger partial charge is 0.148 e. The van der Waals surface area contributed by atoms with Crippen LogP contribution in [-0.4, -0.2) is 6.61 Å². The lowest BCUT2D eigenvalue weighted by Crippen LogP contribution is -1.99. The maximum Gasteiger partial charge on any atom is 0.148 e. The van der Waals surface area contributed by atoms with Gasteiger partial charge in [-0.25, -0.2) is 5.90 Å². The minimum Gasteiger partial charge on any atom is -0.481 e. The summed E-state index contributed by atoms with van der Waals surface area (Å²) in [6.07, 6.45) is 5.04. The van der Waals surface area contributed by atoms with Gasteiger partial charge in [-0.15, -0.1) is 6.42 Å². The maximum atomic E-state index is 5.18. The first kappa shape index (κ1) is 9.59. The van der Waals surface area contributed by atoms with Gasteiger partial charge in [-0.2, -0.15) is 0 Å². The number of ether oxygens (including phenoxy) is 1. The van der Waals surface area contributed by atoms with Crippen LogP contribution in [0.5, 0.6) is 5.75 Å². The van der Waals surface area contributed by atoms with E-state index in [2.05, 4.69) is 10.8 Å². The van der Waals surface area contributed by atoms with Crippen LogP contribution in [0.2, 0.25) is 0 Å². The number of hydrogen-bond donors (Lipinski definition) is 1. The quantitative estimate of drug-likeness (QED) is 0.553. The van der Waals surface area contributed by atoms with Gasteiger partial charge < -0.3 is 4.74 Å². The highest BCUT2D eigenvalue weighted by Crippen LogP contribution is 2.11. The van der Waals surface area contributed by atoms with E-state index < -0.39 is 0 Å². The molecular weight excluding hydrogens is 166 g/mol. The molecule has 0 spiro atoms. The van der Waals surface area contributed by atoms with Crippen molar-refractivity contribution in [1.82, 2.24) is 0 Å². The molecule has 0 bridgehead atoms. The first-order valence-electron chi connectivity index (χ1n) is 3.83. The summed E-state index contributed by atoms with van der Waals surface area (Å²) >= 11 is 0. The summed E-state index contributed by atoms with van der Waals surface area (Å²) in [6, 6.07) is 7.40. The van der Waals surface area contributed by atoms with Gasteiger partial charge >= 0.3 is 0 Å². The molecule has 0 aliphatic rings. The average Bonchev–Trinajstić information content (AvgIpc) is 2.17. The van der Waals surface area contributed by atoms with E-state index in [0.29, 0.717) is 6.61 Å². The molecule has 68 valence electrons. The Hall–Kier alpha value is -1.50. The minimum atomic E-state index is 0.284. The van der Waals surface area contributed by atoms with Crippen LogP contribution in [0.25, 0.3) is 0 Å². The Bertz CT molecular complexity index is 287. The summed E-state index contributed by atoms with van der Waals surface area (Å²) in [6.45, 7) is 0.683. The Labute approximate surface area is 77.4 Å². The van der Waals surface area contributed by atoms with Crippen LogP contribution in [0, 0.1) is 12.3 Å². The Morgan fingerprint density at radius 3 is 2.54 bits per heavy atom. The van der Waals surface area contributed by atoms with E-state index >= 15 is 0 Å². The van der Waals surface area contributed by atoms with Gasteiger partial charge in [-0.3, -0.25) is 4.84 Å². The molecule has 0 saturated carbocycles. The van der Waals surface area contributed by atoms with Gasteiger partial charge in [0.15, 0.2) is 0 Å². The fourth-order valence-corrected chi connectivity index (χ4v) is 0.903. The third kappa shape index (κ3) is 3.16. The van der Waals surface area contributed by atoms with Gasteiger partial charge in [0.2, 0.25) is 0 Å². The summed E-state index contributed by atoms with van der Waals surface area (Å²) in [5.41, 5.74) is 0.996. The van der Waals surface area contributed by atoms with Crippen LogP contribution < -0.4 is 10.6 Å². The van der Waals surface area contributed by atoms with Gasteiger partial charge in [0, 0.05) is 0 Å². The molecule has 2 N–H and O–H groups in total. The highest BCUT2D eigenvalue weighted by molar-refractivity contribution is 5.27. The molecule has 0 unspecified atom stereocenters. The molecule has 3 nitrogen and oxygen atoms in total. The van der Waals surface area contributed by atoms with Gasteiger partial charge in [0.25, 0.3) is 0 Å². The van der Waals surface area contributed by atoms with Gasteiger partial charge in [0.1, 0.15) is 12.4 Å². The molecule has 0 amide bonds. The summed E-state index contributed by atoms with van der Waals surface area (Å²) in [4.78, 5) is 4.48. The van der Waals surface area contributed by atoms with E-state index in [1.807, 2.05) is 24.3 Å². The number of benzene rings is 1. The van der Waals surface area contributed by atoms with E-state index in [1.54, 1.807) is 0 Å². The number of rotatable bonds is 4. The van der Waals surface area contributed by atoms with Crippen molar-refractivity contribution < 1.29 is 9.57 Å². The van der Waals surface area contributed by atoms with Crippen LogP contribution in [0.15, 0.2) is 24.3 Å². The van der Waals surface area contributed by atoms with Crippen LogP contribution >= 0.6 is 0 Å². The first-order valence-corrected chi connectivity index (χ1v) is 3.83. The lowest BCUT2D eigenvalue weighted by molar-refractivity contribution is 0.124. The summed E-state index contributed by atoms with van der Waals surface area (Å²) in [5, 5.41) is 0. The third-order valence-corrected chi connectivity index (χ3v) is 1.50. The summed E-state index contributed by atoms with van der Waals surface area (Å²) in [5.74, 6) is 8.06. The maximum absolute atomic E-state index is 5.18. The van der Waals surface area contributed by atoms with E-state index in [-0.39, 0.29) is 6.61 Å². The molecule has 0 radical (unpaired) electrons. The van der Waals surface area contributed by atoms with Crippen molar-refractivity contribution in [3.8, 4) is 18.1 Å². The molecule has 0 aromatic heterocycles. The fourth-order valence-electron chi connectivity index (χ4n) is 0.903.